The second-order valence-corrected chi connectivity index (χ2v) is 7.38. The Bertz CT molecular complexity index is 605. The van der Waals surface area contributed by atoms with Gasteiger partial charge in [0.2, 0.25) is 5.88 Å². The van der Waals surface area contributed by atoms with Gasteiger partial charge in [-0.1, -0.05) is 12.1 Å². The van der Waals surface area contributed by atoms with Crippen LogP contribution in [0.4, 0.5) is 0 Å². The van der Waals surface area contributed by atoms with E-state index < -0.39 is 0 Å². The molecule has 122 valence electrons. The normalized spacial score (nSPS) is 27.7. The van der Waals surface area contributed by atoms with E-state index in [1.807, 2.05) is 29.5 Å². The van der Waals surface area contributed by atoms with E-state index in [9.17, 15) is 0 Å². The van der Waals surface area contributed by atoms with Crippen LogP contribution in [0.15, 0.2) is 41.9 Å². The molecule has 0 unspecified atom stereocenters. The van der Waals surface area contributed by atoms with Crippen LogP contribution >= 0.6 is 11.3 Å². The largest absolute Gasteiger partial charge is 0.477 e. The maximum atomic E-state index is 6.02. The predicted molar refractivity (Wildman–Crippen MR) is 90.7 cm³/mol. The number of aromatic nitrogens is 1. The number of nitrogens with zero attached hydrogens (tertiary/aromatic N) is 2. The fraction of sp³-hybridized carbons (Fsp3) is 0.500. The molecule has 1 aliphatic heterocycles. The lowest BCUT2D eigenvalue weighted by molar-refractivity contribution is -0.0587. The van der Waals surface area contributed by atoms with Crippen LogP contribution in [0.2, 0.25) is 0 Å². The summed E-state index contributed by atoms with van der Waals surface area (Å²) in [5.41, 5.74) is 0. The highest BCUT2D eigenvalue weighted by Crippen LogP contribution is 2.35. The van der Waals surface area contributed by atoms with Crippen molar-refractivity contribution in [3.63, 3.8) is 0 Å². The highest BCUT2D eigenvalue weighted by Gasteiger charge is 2.41. The second-order valence-electron chi connectivity index (χ2n) is 6.34. The van der Waals surface area contributed by atoms with Crippen LogP contribution in [0.3, 0.4) is 0 Å². The van der Waals surface area contributed by atoms with Crippen LogP contribution < -0.4 is 4.74 Å². The molecule has 1 aliphatic carbocycles. The molecule has 3 atom stereocenters. The minimum absolute atomic E-state index is 0.362. The molecular formula is C18H22N2O2S. The molecule has 0 spiro atoms. The van der Waals surface area contributed by atoms with E-state index in [1.54, 1.807) is 6.20 Å². The van der Waals surface area contributed by atoms with Gasteiger partial charge in [-0.05, 0) is 36.3 Å². The van der Waals surface area contributed by atoms with E-state index in [1.165, 1.54) is 4.88 Å². The van der Waals surface area contributed by atoms with Gasteiger partial charge in [0.25, 0.3) is 0 Å². The highest BCUT2D eigenvalue weighted by molar-refractivity contribution is 7.09. The molecule has 4 rings (SSSR count). The molecule has 2 aromatic rings. The second kappa shape index (κ2) is 6.99. The third-order valence-corrected chi connectivity index (χ3v) is 5.65. The maximum absolute atomic E-state index is 6.02. The number of hydrogen-bond donors (Lipinski definition) is 0. The Labute approximate surface area is 141 Å². The Hall–Kier alpha value is -1.43. The summed E-state index contributed by atoms with van der Waals surface area (Å²) in [5.74, 6) is 1.27. The third-order valence-electron chi connectivity index (χ3n) is 4.79. The van der Waals surface area contributed by atoms with E-state index in [-0.39, 0.29) is 0 Å². The summed E-state index contributed by atoms with van der Waals surface area (Å²) in [4.78, 5) is 8.27. The van der Waals surface area contributed by atoms with Gasteiger partial charge in [0.15, 0.2) is 0 Å². The molecule has 23 heavy (non-hydrogen) atoms. The van der Waals surface area contributed by atoms with E-state index in [2.05, 4.69) is 27.4 Å². The molecule has 1 saturated heterocycles. The third kappa shape index (κ3) is 3.57. The molecule has 1 saturated carbocycles. The summed E-state index contributed by atoms with van der Waals surface area (Å²) in [6, 6.07) is 10.7. The Balaban J connectivity index is 1.35. The molecule has 0 radical (unpaired) electrons. The smallest absolute Gasteiger partial charge is 0.213 e. The SMILES string of the molecule is c1ccc(OC[C@H]2C[C@@H]3[C@@H](C2)OCCN3Cc2cccs2)nc1. The van der Waals surface area contributed by atoms with E-state index in [4.69, 9.17) is 9.47 Å². The lowest BCUT2D eigenvalue weighted by Gasteiger charge is -2.37. The Morgan fingerprint density at radius 1 is 1.26 bits per heavy atom. The first-order chi connectivity index (χ1) is 11.4. The zero-order valence-electron chi connectivity index (χ0n) is 13.1. The summed E-state index contributed by atoms with van der Waals surface area (Å²) < 4.78 is 11.9. The number of thiophene rings is 1. The zero-order valence-corrected chi connectivity index (χ0v) is 14.0. The van der Waals surface area contributed by atoms with Crippen molar-refractivity contribution in [2.45, 2.75) is 31.5 Å². The van der Waals surface area contributed by atoms with Crippen molar-refractivity contribution in [2.75, 3.05) is 19.8 Å². The summed E-state index contributed by atoms with van der Waals surface area (Å²) >= 11 is 1.84. The van der Waals surface area contributed by atoms with Gasteiger partial charge in [0.1, 0.15) is 0 Å². The minimum atomic E-state index is 0.362. The Morgan fingerprint density at radius 3 is 3.09 bits per heavy atom. The molecule has 0 amide bonds. The van der Waals surface area contributed by atoms with Crippen LogP contribution in [0, 0.1) is 5.92 Å². The molecular weight excluding hydrogens is 308 g/mol. The lowest BCUT2D eigenvalue weighted by Crippen LogP contribution is -2.47. The number of fused-ring (bicyclic) bond motifs is 1. The first-order valence-corrected chi connectivity index (χ1v) is 9.18. The van der Waals surface area contributed by atoms with Gasteiger partial charge >= 0.3 is 0 Å². The van der Waals surface area contributed by atoms with E-state index >= 15 is 0 Å². The van der Waals surface area contributed by atoms with Crippen molar-refractivity contribution in [1.82, 2.24) is 9.88 Å². The van der Waals surface area contributed by atoms with Gasteiger partial charge in [0.05, 0.1) is 19.3 Å². The number of ether oxygens (including phenoxy) is 2. The lowest BCUT2D eigenvalue weighted by atomic mass is 10.1. The molecule has 0 aromatic carbocycles. The van der Waals surface area contributed by atoms with Gasteiger partial charge in [-0.2, -0.15) is 0 Å². The van der Waals surface area contributed by atoms with Gasteiger partial charge < -0.3 is 9.47 Å². The molecule has 5 heteroatoms. The highest BCUT2D eigenvalue weighted by atomic mass is 32.1. The number of hydrogen-bond acceptors (Lipinski definition) is 5. The predicted octanol–water partition coefficient (Wildman–Crippen LogP) is 3.20. The van der Waals surface area contributed by atoms with Crippen LogP contribution in [0.5, 0.6) is 5.88 Å². The number of morpholine rings is 1. The topological polar surface area (TPSA) is 34.6 Å². The molecule has 3 heterocycles. The van der Waals surface area contributed by atoms with Crippen LogP contribution in [0.1, 0.15) is 17.7 Å². The number of rotatable bonds is 5. The van der Waals surface area contributed by atoms with Gasteiger partial charge in [0, 0.05) is 36.3 Å². The van der Waals surface area contributed by atoms with Crippen molar-refractivity contribution in [1.29, 1.82) is 0 Å². The summed E-state index contributed by atoms with van der Waals surface area (Å²) in [5, 5.41) is 2.16. The van der Waals surface area contributed by atoms with Gasteiger partial charge in [-0.25, -0.2) is 4.98 Å². The van der Waals surface area contributed by atoms with Crippen molar-refractivity contribution in [3.05, 3.63) is 46.8 Å². The Kier molecular flexibility index (Phi) is 4.60. The van der Waals surface area contributed by atoms with Crippen molar-refractivity contribution in [2.24, 2.45) is 5.92 Å². The maximum Gasteiger partial charge on any atom is 0.213 e. The first kappa shape index (κ1) is 15.1. The molecule has 2 fully saturated rings. The van der Waals surface area contributed by atoms with Crippen LogP contribution in [-0.2, 0) is 11.3 Å². The Morgan fingerprint density at radius 2 is 2.26 bits per heavy atom. The standard InChI is InChI=1S/C18H22N2O2S/c1-2-6-19-18(5-1)22-13-14-10-16-17(11-14)21-8-7-20(16)12-15-4-3-9-23-15/h1-6,9,14,16-17H,7-8,10-13H2/t14-,16+,17+/m0/s1. The van der Waals surface area contributed by atoms with E-state index in [0.717, 1.165) is 45.0 Å². The zero-order chi connectivity index (χ0) is 15.5. The average Bonchev–Trinajstić information content (AvgIpc) is 3.23. The van der Waals surface area contributed by atoms with Crippen molar-refractivity contribution < 1.29 is 9.47 Å². The molecule has 2 aliphatic rings. The fourth-order valence-electron chi connectivity index (χ4n) is 3.70. The van der Waals surface area contributed by atoms with E-state index in [0.29, 0.717) is 18.1 Å². The minimum Gasteiger partial charge on any atom is -0.477 e. The van der Waals surface area contributed by atoms with Gasteiger partial charge in [-0.3, -0.25) is 4.90 Å². The molecule has 4 nitrogen and oxygen atoms in total. The molecule has 2 aromatic heterocycles. The quantitative estimate of drug-likeness (QED) is 0.843. The monoisotopic (exact) mass is 330 g/mol. The first-order valence-electron chi connectivity index (χ1n) is 8.30. The van der Waals surface area contributed by atoms with Crippen LogP contribution in [-0.4, -0.2) is 41.8 Å². The van der Waals surface area contributed by atoms with Crippen molar-refractivity contribution in [3.8, 4) is 5.88 Å². The molecule has 0 bridgehead atoms. The number of pyridine rings is 1. The molecule has 0 N–H and O–H groups in total. The average molecular weight is 330 g/mol. The van der Waals surface area contributed by atoms with Crippen molar-refractivity contribution >= 4 is 11.3 Å². The summed E-state index contributed by atoms with van der Waals surface area (Å²) in [7, 11) is 0. The van der Waals surface area contributed by atoms with Crippen LogP contribution in [0.25, 0.3) is 0 Å². The summed E-state index contributed by atoms with van der Waals surface area (Å²) in [6.07, 6.45) is 4.39. The van der Waals surface area contributed by atoms with Gasteiger partial charge in [-0.15, -0.1) is 11.3 Å². The summed E-state index contributed by atoms with van der Waals surface area (Å²) in [6.45, 7) is 3.67. The fourth-order valence-corrected chi connectivity index (χ4v) is 4.43.